The van der Waals surface area contributed by atoms with E-state index < -0.39 is 0 Å². The van der Waals surface area contributed by atoms with Gasteiger partial charge < -0.3 is 0 Å². The second-order valence-electron chi connectivity index (χ2n) is 6.41. The highest BCUT2D eigenvalue weighted by atomic mass is 14.1. The SMILES string of the molecule is C[CH]CCCCCC(C)CCCCCCCCCC. The lowest BCUT2D eigenvalue weighted by atomic mass is 9.96. The van der Waals surface area contributed by atoms with Crippen LogP contribution >= 0.6 is 0 Å². The smallest absolute Gasteiger partial charge is 0.0417 e. The van der Waals surface area contributed by atoms with Crippen molar-refractivity contribution in [3.05, 3.63) is 6.42 Å². The second kappa shape index (κ2) is 16.1. The van der Waals surface area contributed by atoms with Gasteiger partial charge in [0.1, 0.15) is 0 Å². The topological polar surface area (TPSA) is 0 Å². The maximum absolute atomic E-state index is 2.45. The van der Waals surface area contributed by atoms with Crippen molar-refractivity contribution >= 4 is 0 Å². The minimum absolute atomic E-state index is 0.964. The standard InChI is InChI=1S/C19H39/c1-4-6-8-10-11-12-14-16-18-19(3)17-15-13-9-7-5-2/h5,19H,4,6-18H2,1-3H3. The van der Waals surface area contributed by atoms with Gasteiger partial charge in [0.25, 0.3) is 0 Å². The summed E-state index contributed by atoms with van der Waals surface area (Å²) in [6, 6.07) is 0. The highest BCUT2D eigenvalue weighted by Crippen LogP contribution is 2.18. The maximum atomic E-state index is 2.45. The van der Waals surface area contributed by atoms with Crippen LogP contribution in [0.2, 0.25) is 0 Å². The first-order chi connectivity index (χ1) is 9.31. The molecule has 0 saturated heterocycles. The average molecular weight is 268 g/mol. The van der Waals surface area contributed by atoms with Crippen LogP contribution in [0.3, 0.4) is 0 Å². The third kappa shape index (κ3) is 15.9. The predicted octanol–water partition coefficient (Wildman–Crippen LogP) is 7.33. The van der Waals surface area contributed by atoms with Gasteiger partial charge in [0.15, 0.2) is 0 Å². The first-order valence-electron chi connectivity index (χ1n) is 9.09. The van der Waals surface area contributed by atoms with Crippen molar-refractivity contribution in [2.45, 2.75) is 111 Å². The molecule has 1 radical (unpaired) electrons. The molecule has 0 spiro atoms. The molecule has 0 nitrogen and oxygen atoms in total. The van der Waals surface area contributed by atoms with Gasteiger partial charge in [-0.3, -0.25) is 0 Å². The van der Waals surface area contributed by atoms with Crippen LogP contribution in [0.15, 0.2) is 0 Å². The molecule has 0 bridgehead atoms. The minimum Gasteiger partial charge on any atom is -0.0654 e. The van der Waals surface area contributed by atoms with Crippen molar-refractivity contribution in [3.63, 3.8) is 0 Å². The maximum Gasteiger partial charge on any atom is -0.0417 e. The van der Waals surface area contributed by atoms with Crippen LogP contribution in [0.25, 0.3) is 0 Å². The Morgan fingerprint density at radius 1 is 0.684 bits per heavy atom. The molecule has 0 fully saturated rings. The second-order valence-corrected chi connectivity index (χ2v) is 6.41. The van der Waals surface area contributed by atoms with E-state index in [1.807, 2.05) is 0 Å². The fraction of sp³-hybridized carbons (Fsp3) is 0.947. The Morgan fingerprint density at radius 2 is 1.16 bits per heavy atom. The molecule has 0 aliphatic heterocycles. The highest BCUT2D eigenvalue weighted by Gasteiger charge is 2.01. The minimum atomic E-state index is 0.964. The van der Waals surface area contributed by atoms with Gasteiger partial charge in [-0.05, 0) is 12.3 Å². The highest BCUT2D eigenvalue weighted by molar-refractivity contribution is 4.58. The first kappa shape index (κ1) is 19.0. The van der Waals surface area contributed by atoms with Gasteiger partial charge in [0, 0.05) is 0 Å². The fourth-order valence-corrected chi connectivity index (χ4v) is 2.79. The fourth-order valence-electron chi connectivity index (χ4n) is 2.79. The van der Waals surface area contributed by atoms with Gasteiger partial charge in [-0.2, -0.15) is 0 Å². The van der Waals surface area contributed by atoms with E-state index in [0.29, 0.717) is 0 Å². The lowest BCUT2D eigenvalue weighted by molar-refractivity contribution is 0.433. The molecule has 0 aromatic carbocycles. The van der Waals surface area contributed by atoms with Crippen molar-refractivity contribution < 1.29 is 0 Å². The summed E-state index contributed by atoms with van der Waals surface area (Å²) in [6.07, 6.45) is 22.5. The van der Waals surface area contributed by atoms with Gasteiger partial charge >= 0.3 is 0 Å². The summed E-state index contributed by atoms with van der Waals surface area (Å²) in [7, 11) is 0. The molecule has 1 atom stereocenters. The Kier molecular flexibility index (Phi) is 16.1. The van der Waals surface area contributed by atoms with E-state index in [1.165, 1.54) is 89.9 Å². The number of hydrogen-bond donors (Lipinski definition) is 0. The Morgan fingerprint density at radius 3 is 1.68 bits per heavy atom. The molecule has 0 aliphatic rings. The molecule has 0 saturated carbocycles. The summed E-state index contributed by atoms with van der Waals surface area (Å²) in [5.74, 6) is 0.964. The number of unbranched alkanes of at least 4 members (excludes halogenated alkanes) is 11. The van der Waals surface area contributed by atoms with E-state index in [1.54, 1.807) is 0 Å². The zero-order valence-corrected chi connectivity index (χ0v) is 14.1. The Bertz CT molecular complexity index is 150. The normalized spacial score (nSPS) is 12.8. The van der Waals surface area contributed by atoms with Gasteiger partial charge in [-0.25, -0.2) is 0 Å². The predicted molar refractivity (Wildman–Crippen MR) is 89.5 cm³/mol. The summed E-state index contributed by atoms with van der Waals surface area (Å²) in [5, 5.41) is 0. The van der Waals surface area contributed by atoms with Gasteiger partial charge in [-0.1, -0.05) is 111 Å². The molecule has 0 heterocycles. The first-order valence-corrected chi connectivity index (χ1v) is 9.09. The molecule has 19 heavy (non-hydrogen) atoms. The van der Waals surface area contributed by atoms with E-state index in [4.69, 9.17) is 0 Å². The number of rotatable bonds is 15. The van der Waals surface area contributed by atoms with Gasteiger partial charge in [-0.15, -0.1) is 0 Å². The molecule has 0 aromatic rings. The van der Waals surface area contributed by atoms with E-state index in [0.717, 1.165) is 5.92 Å². The van der Waals surface area contributed by atoms with Gasteiger partial charge in [0.2, 0.25) is 0 Å². The lowest BCUT2D eigenvalue weighted by Gasteiger charge is -2.10. The molecule has 1 unspecified atom stereocenters. The molecule has 0 aliphatic carbocycles. The van der Waals surface area contributed by atoms with Crippen molar-refractivity contribution in [3.8, 4) is 0 Å². The molecule has 0 rings (SSSR count). The Hall–Kier alpha value is 0. The molecule has 0 N–H and O–H groups in total. The molecule has 0 heteroatoms. The quantitative estimate of drug-likeness (QED) is 0.272. The largest absolute Gasteiger partial charge is 0.0654 e. The van der Waals surface area contributed by atoms with Gasteiger partial charge in [0.05, 0.1) is 0 Å². The monoisotopic (exact) mass is 267 g/mol. The molecular formula is C19H39. The van der Waals surface area contributed by atoms with E-state index >= 15 is 0 Å². The van der Waals surface area contributed by atoms with Crippen LogP contribution in [-0.4, -0.2) is 0 Å². The summed E-state index contributed by atoms with van der Waals surface area (Å²) in [5.41, 5.74) is 0. The summed E-state index contributed by atoms with van der Waals surface area (Å²) in [6.45, 7) is 6.92. The third-order valence-corrected chi connectivity index (χ3v) is 4.24. The molecule has 115 valence electrons. The summed E-state index contributed by atoms with van der Waals surface area (Å²) in [4.78, 5) is 0. The van der Waals surface area contributed by atoms with Crippen molar-refractivity contribution in [2.75, 3.05) is 0 Å². The van der Waals surface area contributed by atoms with E-state index in [-0.39, 0.29) is 0 Å². The number of hydrogen-bond acceptors (Lipinski definition) is 0. The summed E-state index contributed by atoms with van der Waals surface area (Å²) >= 11 is 0. The van der Waals surface area contributed by atoms with Crippen molar-refractivity contribution in [1.82, 2.24) is 0 Å². The Labute approximate surface area is 123 Å². The van der Waals surface area contributed by atoms with E-state index in [9.17, 15) is 0 Å². The molecule has 0 amide bonds. The lowest BCUT2D eigenvalue weighted by Crippen LogP contribution is -1.95. The van der Waals surface area contributed by atoms with Crippen LogP contribution in [0, 0.1) is 12.3 Å². The molecule has 0 aromatic heterocycles. The van der Waals surface area contributed by atoms with Crippen LogP contribution in [-0.2, 0) is 0 Å². The van der Waals surface area contributed by atoms with Crippen LogP contribution in [0.5, 0.6) is 0 Å². The Balaban J connectivity index is 3.09. The van der Waals surface area contributed by atoms with Crippen LogP contribution in [0.4, 0.5) is 0 Å². The average Bonchev–Trinajstić information content (AvgIpc) is 2.41. The van der Waals surface area contributed by atoms with Crippen LogP contribution < -0.4 is 0 Å². The zero-order chi connectivity index (χ0) is 14.2. The van der Waals surface area contributed by atoms with Crippen molar-refractivity contribution in [1.29, 1.82) is 0 Å². The third-order valence-electron chi connectivity index (χ3n) is 4.24. The van der Waals surface area contributed by atoms with E-state index in [2.05, 4.69) is 27.2 Å². The molecular weight excluding hydrogens is 228 g/mol. The summed E-state index contributed by atoms with van der Waals surface area (Å²) < 4.78 is 0. The van der Waals surface area contributed by atoms with Crippen LogP contribution in [0.1, 0.15) is 111 Å². The van der Waals surface area contributed by atoms with Crippen molar-refractivity contribution in [2.24, 2.45) is 5.92 Å². The zero-order valence-electron chi connectivity index (χ0n) is 14.1.